The number of thioether (sulfide) groups is 1. The third-order valence-corrected chi connectivity index (χ3v) is 6.34. The molecule has 1 amide bonds. The van der Waals surface area contributed by atoms with Crippen molar-refractivity contribution in [2.75, 3.05) is 12.9 Å². The highest BCUT2D eigenvalue weighted by molar-refractivity contribution is 9.10. The van der Waals surface area contributed by atoms with Crippen LogP contribution in [-0.4, -0.2) is 45.9 Å². The van der Waals surface area contributed by atoms with E-state index in [1.54, 1.807) is 7.11 Å². The molecule has 3 aromatic rings. The molecule has 0 saturated heterocycles. The fourth-order valence-corrected chi connectivity index (χ4v) is 4.42. The first-order chi connectivity index (χ1) is 16.0. The summed E-state index contributed by atoms with van der Waals surface area (Å²) in [5, 5.41) is 11.4. The third-order valence-electron chi connectivity index (χ3n) is 5.00. The monoisotopic (exact) mass is 525 g/mol. The molecule has 0 radical (unpaired) electrons. The Morgan fingerprint density at radius 2 is 2.15 bits per heavy atom. The van der Waals surface area contributed by atoms with Crippen LogP contribution < -0.4 is 10.2 Å². The second-order valence-corrected chi connectivity index (χ2v) is 9.10. The quantitative estimate of drug-likeness (QED) is 0.271. The second-order valence-electron chi connectivity index (χ2n) is 7.24. The van der Waals surface area contributed by atoms with E-state index < -0.39 is 5.92 Å². The van der Waals surface area contributed by atoms with Gasteiger partial charge in [-0.2, -0.15) is 5.10 Å². The number of halogens is 1. The number of allylic oxidation sites excluding steroid dienone is 1. The summed E-state index contributed by atoms with van der Waals surface area (Å²) in [6.07, 6.45) is 3.50. The van der Waals surface area contributed by atoms with Crippen LogP contribution in [0, 0.1) is 0 Å². The second kappa shape index (κ2) is 10.1. The molecule has 0 fully saturated rings. The standard InChI is InChI=1S/C23H20BrN5O3S/c1-13-9-14-7-8-16(24)10-17(14)21(31)20(13)22-26-23(29-28-22)33-12-19(30)27-25-11-15-5-3-4-6-18(15)32-2/h3-11,20H,12H2,1-2H3,(H,27,30)(H,26,28,29)/b25-11+. The Morgan fingerprint density at radius 3 is 2.97 bits per heavy atom. The molecule has 1 heterocycles. The summed E-state index contributed by atoms with van der Waals surface area (Å²) in [4.78, 5) is 29.7. The minimum Gasteiger partial charge on any atom is -0.496 e. The number of para-hydroxylation sites is 1. The van der Waals surface area contributed by atoms with E-state index >= 15 is 0 Å². The molecule has 1 aliphatic carbocycles. The molecular weight excluding hydrogens is 506 g/mol. The zero-order valence-electron chi connectivity index (χ0n) is 17.8. The van der Waals surface area contributed by atoms with Gasteiger partial charge in [0.1, 0.15) is 17.5 Å². The van der Waals surface area contributed by atoms with Gasteiger partial charge in [-0.15, -0.1) is 5.10 Å². The molecule has 0 saturated carbocycles. The van der Waals surface area contributed by atoms with E-state index in [1.807, 2.05) is 55.5 Å². The highest BCUT2D eigenvalue weighted by Crippen LogP contribution is 2.35. The first-order valence-electron chi connectivity index (χ1n) is 9.98. The SMILES string of the molecule is COc1ccccc1/C=N/NC(=O)CSc1n[nH]c(C2C(=O)c3cc(Br)ccc3C=C2C)n1. The van der Waals surface area contributed by atoms with Gasteiger partial charge >= 0.3 is 0 Å². The van der Waals surface area contributed by atoms with E-state index in [-0.39, 0.29) is 17.4 Å². The molecule has 8 nitrogen and oxygen atoms in total. The summed E-state index contributed by atoms with van der Waals surface area (Å²) in [5.41, 5.74) is 5.63. The predicted octanol–water partition coefficient (Wildman–Crippen LogP) is 4.20. The Kier molecular flexibility index (Phi) is 7.05. The lowest BCUT2D eigenvalue weighted by Gasteiger charge is -2.21. The van der Waals surface area contributed by atoms with Gasteiger partial charge in [0.2, 0.25) is 5.16 Å². The van der Waals surface area contributed by atoms with Crippen LogP contribution in [-0.2, 0) is 4.79 Å². The maximum absolute atomic E-state index is 13.1. The number of ether oxygens (including phenoxy) is 1. The molecule has 4 rings (SSSR count). The number of hydrogen-bond donors (Lipinski definition) is 2. The van der Waals surface area contributed by atoms with Gasteiger partial charge in [-0.05, 0) is 36.8 Å². The van der Waals surface area contributed by atoms with Crippen LogP contribution >= 0.6 is 27.7 Å². The van der Waals surface area contributed by atoms with E-state index in [2.05, 4.69) is 41.6 Å². The van der Waals surface area contributed by atoms with Crippen LogP contribution in [0.4, 0.5) is 0 Å². The van der Waals surface area contributed by atoms with Gasteiger partial charge < -0.3 is 4.74 Å². The number of rotatable bonds is 7. The lowest BCUT2D eigenvalue weighted by Crippen LogP contribution is -2.20. The number of aromatic nitrogens is 3. The summed E-state index contributed by atoms with van der Waals surface area (Å²) < 4.78 is 6.08. The number of methoxy groups -OCH3 is 1. The van der Waals surface area contributed by atoms with Gasteiger partial charge in [-0.3, -0.25) is 14.7 Å². The number of benzene rings is 2. The number of H-pyrrole nitrogens is 1. The van der Waals surface area contributed by atoms with Crippen molar-refractivity contribution in [3.05, 3.63) is 75.0 Å². The minimum atomic E-state index is -0.534. The number of hydrogen-bond acceptors (Lipinski definition) is 7. The molecule has 1 aliphatic rings. The van der Waals surface area contributed by atoms with E-state index in [1.165, 1.54) is 6.21 Å². The molecule has 33 heavy (non-hydrogen) atoms. The molecule has 1 unspecified atom stereocenters. The first-order valence-corrected chi connectivity index (χ1v) is 11.8. The Balaban J connectivity index is 1.37. The Bertz CT molecular complexity index is 1270. The number of carbonyl (C=O) groups excluding carboxylic acids is 2. The lowest BCUT2D eigenvalue weighted by molar-refractivity contribution is -0.118. The molecule has 0 spiro atoms. The van der Waals surface area contributed by atoms with Crippen molar-refractivity contribution in [3.63, 3.8) is 0 Å². The normalized spacial score (nSPS) is 15.3. The Hall–Kier alpha value is -3.24. The summed E-state index contributed by atoms with van der Waals surface area (Å²) in [7, 11) is 1.57. The number of aromatic amines is 1. The smallest absolute Gasteiger partial charge is 0.250 e. The molecule has 0 bridgehead atoms. The maximum atomic E-state index is 13.1. The van der Waals surface area contributed by atoms with Crippen molar-refractivity contribution >= 4 is 51.7 Å². The van der Waals surface area contributed by atoms with Gasteiger partial charge in [-0.25, -0.2) is 10.4 Å². The van der Waals surface area contributed by atoms with Crippen molar-refractivity contribution in [2.45, 2.75) is 18.0 Å². The number of nitrogens with one attached hydrogen (secondary N) is 2. The lowest BCUT2D eigenvalue weighted by atomic mass is 9.82. The third kappa shape index (κ3) is 5.23. The number of hydrazone groups is 1. The molecular formula is C23H20BrN5O3S. The molecule has 2 N–H and O–H groups in total. The van der Waals surface area contributed by atoms with Crippen molar-refractivity contribution in [1.82, 2.24) is 20.6 Å². The average molecular weight is 526 g/mol. The number of Topliss-reactive ketones (excluding diaryl/α,β-unsaturated/α-hetero) is 1. The van der Waals surface area contributed by atoms with Crippen molar-refractivity contribution < 1.29 is 14.3 Å². The average Bonchev–Trinajstić information content (AvgIpc) is 3.27. The van der Waals surface area contributed by atoms with Crippen LogP contribution in [0.25, 0.3) is 6.08 Å². The van der Waals surface area contributed by atoms with E-state index in [9.17, 15) is 9.59 Å². The largest absolute Gasteiger partial charge is 0.496 e. The fourth-order valence-electron chi connectivity index (χ4n) is 3.46. The van der Waals surface area contributed by atoms with Crippen LogP contribution in [0.2, 0.25) is 0 Å². The summed E-state index contributed by atoms with van der Waals surface area (Å²) in [6.45, 7) is 1.90. The molecule has 0 aliphatic heterocycles. The molecule has 10 heteroatoms. The van der Waals surface area contributed by atoms with Crippen molar-refractivity contribution in [3.8, 4) is 5.75 Å². The first kappa shape index (κ1) is 22.9. The predicted molar refractivity (Wildman–Crippen MR) is 131 cm³/mol. The van der Waals surface area contributed by atoms with Crippen LogP contribution in [0.5, 0.6) is 5.75 Å². The van der Waals surface area contributed by atoms with Gasteiger partial charge in [0, 0.05) is 15.6 Å². The highest BCUT2D eigenvalue weighted by Gasteiger charge is 2.32. The number of amides is 1. The Morgan fingerprint density at radius 1 is 1.33 bits per heavy atom. The number of fused-ring (bicyclic) bond motifs is 1. The summed E-state index contributed by atoms with van der Waals surface area (Å²) in [5.74, 6) is 0.312. The number of ketones is 1. The molecule has 1 aromatic heterocycles. The van der Waals surface area contributed by atoms with Gasteiger partial charge in [0.15, 0.2) is 5.78 Å². The van der Waals surface area contributed by atoms with E-state index in [0.29, 0.717) is 22.3 Å². The summed E-state index contributed by atoms with van der Waals surface area (Å²) in [6, 6.07) is 13.0. The zero-order valence-corrected chi connectivity index (χ0v) is 20.2. The number of carbonyl (C=O) groups is 2. The Labute approximate surface area is 203 Å². The molecule has 168 valence electrons. The number of nitrogens with zero attached hydrogens (tertiary/aromatic N) is 3. The van der Waals surface area contributed by atoms with Crippen LogP contribution in [0.1, 0.15) is 40.2 Å². The van der Waals surface area contributed by atoms with E-state index in [4.69, 9.17) is 4.74 Å². The molecule has 1 atom stereocenters. The zero-order chi connectivity index (χ0) is 23.4. The summed E-state index contributed by atoms with van der Waals surface area (Å²) >= 11 is 4.57. The van der Waals surface area contributed by atoms with E-state index in [0.717, 1.165) is 32.9 Å². The van der Waals surface area contributed by atoms with Crippen LogP contribution in [0.3, 0.4) is 0 Å². The highest BCUT2D eigenvalue weighted by atomic mass is 79.9. The minimum absolute atomic E-state index is 0.0394. The molecule has 2 aromatic carbocycles. The van der Waals surface area contributed by atoms with Gasteiger partial charge in [0.25, 0.3) is 5.91 Å². The van der Waals surface area contributed by atoms with Crippen molar-refractivity contribution in [1.29, 1.82) is 0 Å². The topological polar surface area (TPSA) is 109 Å². The fraction of sp³-hybridized carbons (Fsp3) is 0.174. The van der Waals surface area contributed by atoms with Crippen molar-refractivity contribution in [2.24, 2.45) is 5.10 Å². The van der Waals surface area contributed by atoms with Gasteiger partial charge in [-0.1, -0.05) is 57.5 Å². The maximum Gasteiger partial charge on any atom is 0.250 e. The van der Waals surface area contributed by atoms with Gasteiger partial charge in [0.05, 0.1) is 19.1 Å². The van der Waals surface area contributed by atoms with Crippen LogP contribution in [0.15, 0.2) is 62.8 Å².